The second kappa shape index (κ2) is 21.1. The molecule has 0 aromatic heterocycles. The Morgan fingerprint density at radius 1 is 0.513 bits per heavy atom. The van der Waals surface area contributed by atoms with Gasteiger partial charge in [0.05, 0.1) is 0 Å². The van der Waals surface area contributed by atoms with Crippen molar-refractivity contribution in [1.82, 2.24) is 0 Å². The zero-order valence-electron chi connectivity index (χ0n) is 28.9. The van der Waals surface area contributed by atoms with Crippen LogP contribution in [0.25, 0.3) is 0 Å². The highest BCUT2D eigenvalue weighted by molar-refractivity contribution is 6.89. The highest BCUT2D eigenvalue weighted by Crippen LogP contribution is 2.15. The lowest BCUT2D eigenvalue weighted by Crippen LogP contribution is -2.44. The summed E-state index contributed by atoms with van der Waals surface area (Å²) in [6.45, 7) is 46.6. The van der Waals surface area contributed by atoms with Crippen LogP contribution in [-0.4, -0.2) is 88.5 Å². The van der Waals surface area contributed by atoms with Gasteiger partial charge in [0.2, 0.25) is 0 Å². The van der Waals surface area contributed by atoms with E-state index in [1.807, 2.05) is 37.6 Å². The molecule has 0 aromatic rings. The molecule has 0 aliphatic carbocycles. The fraction of sp³-hybridized carbons (Fsp3) is 0.818. The van der Waals surface area contributed by atoms with E-state index in [9.17, 15) is 0 Å². The quantitative estimate of drug-likeness (QED) is 0.286. The van der Waals surface area contributed by atoms with Crippen molar-refractivity contribution in [3.8, 4) is 0 Å². The summed E-state index contributed by atoms with van der Waals surface area (Å²) >= 11 is 0. The van der Waals surface area contributed by atoms with Crippen molar-refractivity contribution in [2.75, 3.05) is 0 Å². The number of hydrogen-bond acceptors (Lipinski definition) is 7. The molecule has 1 fully saturated rings. The van der Waals surface area contributed by atoms with Crippen LogP contribution in [0.1, 0.15) is 0 Å². The molecule has 0 spiro atoms. The van der Waals surface area contributed by atoms with Crippen LogP contribution in [0, 0.1) is 0 Å². The Morgan fingerprint density at radius 3 is 0.846 bits per heavy atom. The summed E-state index contributed by atoms with van der Waals surface area (Å²) in [5.41, 5.74) is 3.93. The Morgan fingerprint density at radius 2 is 0.744 bits per heavy atom. The van der Waals surface area contributed by atoms with Gasteiger partial charge in [-0.2, -0.15) is 0 Å². The van der Waals surface area contributed by atoms with E-state index in [0.717, 1.165) is 0 Å². The van der Waals surface area contributed by atoms with Crippen molar-refractivity contribution in [3.05, 3.63) is 24.6 Å². The minimum atomic E-state index is -1.58. The predicted molar refractivity (Wildman–Crippen MR) is 199 cm³/mol. The summed E-state index contributed by atoms with van der Waals surface area (Å²) in [5, 5.41) is 0. The summed E-state index contributed by atoms with van der Waals surface area (Å²) < 4.78 is 40.0. The second-order valence-corrected chi connectivity index (χ2v) is 44.6. The molecule has 0 bridgehead atoms. The van der Waals surface area contributed by atoms with Gasteiger partial charge in [0, 0.05) is 0 Å². The standard InChI is InChI=1S/C8H18OSi2.C6H18OSi2.C4H16O4Si4.C4H14OSi2/c1-7-10(3,4)9-11(5,6)8-2;1-8(2,3)7-9(4,5)6;1-9-5-10(2)7-12(4)8-11(3)6-9;1-6(2)5-7(3)4/h7-8H,1-2H2,3-6H3;1-6H3;9-12H,1-4H3;6-7H,1-4H3. The average molecular weight is 724 g/mol. The van der Waals surface area contributed by atoms with Crippen molar-refractivity contribution in [1.29, 1.82) is 0 Å². The first-order chi connectivity index (χ1) is 17.2. The van der Waals surface area contributed by atoms with Crippen molar-refractivity contribution in [3.63, 3.8) is 0 Å². The molecule has 1 aliphatic heterocycles. The molecule has 1 aliphatic rings. The molecular weight excluding hydrogens is 657 g/mol. The topological polar surface area (TPSA) is 64.6 Å². The van der Waals surface area contributed by atoms with Gasteiger partial charge in [0.1, 0.15) is 0 Å². The van der Waals surface area contributed by atoms with Gasteiger partial charge in [-0.1, -0.05) is 11.4 Å². The molecule has 0 unspecified atom stereocenters. The number of rotatable bonds is 8. The summed E-state index contributed by atoms with van der Waals surface area (Å²) in [6, 6.07) is 0. The van der Waals surface area contributed by atoms with Gasteiger partial charge >= 0.3 is 0 Å². The lowest BCUT2D eigenvalue weighted by atomic mass is 11.3. The molecule has 0 saturated carbocycles. The summed E-state index contributed by atoms with van der Waals surface area (Å²) in [5.74, 6) is 0. The van der Waals surface area contributed by atoms with Crippen LogP contribution in [0.5, 0.6) is 0 Å². The maximum atomic E-state index is 5.97. The molecule has 17 heteroatoms. The molecular formula is C22H66O7Si10. The second-order valence-electron chi connectivity index (χ2n) is 13.1. The van der Waals surface area contributed by atoms with Crippen LogP contribution in [0.3, 0.4) is 0 Å². The third kappa shape index (κ3) is 35.5. The molecule has 0 N–H and O–H groups in total. The van der Waals surface area contributed by atoms with Crippen LogP contribution in [-0.2, 0) is 28.8 Å². The molecule has 0 aromatic carbocycles. The fourth-order valence-corrected chi connectivity index (χ4v) is 33.2. The summed E-state index contributed by atoms with van der Waals surface area (Å²) in [6.07, 6.45) is 0. The van der Waals surface area contributed by atoms with E-state index in [-0.39, 0.29) is 0 Å². The van der Waals surface area contributed by atoms with Crippen LogP contribution in [0.4, 0.5) is 0 Å². The van der Waals surface area contributed by atoms with E-state index < -0.39 is 88.5 Å². The first kappa shape index (κ1) is 44.8. The van der Waals surface area contributed by atoms with E-state index in [0.29, 0.717) is 0 Å². The van der Waals surface area contributed by atoms with Gasteiger partial charge in [0.15, 0.2) is 51.4 Å². The van der Waals surface area contributed by atoms with Crippen molar-refractivity contribution in [2.24, 2.45) is 0 Å². The minimum absolute atomic E-state index is 0.667. The molecule has 1 heterocycles. The van der Waals surface area contributed by atoms with Crippen LogP contribution < -0.4 is 0 Å². The zero-order valence-corrected chi connectivity index (χ0v) is 39.8. The maximum absolute atomic E-state index is 5.97. The maximum Gasteiger partial charge on any atom is 0.300 e. The molecule has 1 saturated heterocycles. The van der Waals surface area contributed by atoms with Crippen LogP contribution in [0.2, 0.25) is 118 Å². The van der Waals surface area contributed by atoms with Crippen molar-refractivity contribution >= 4 is 88.5 Å². The molecule has 7 nitrogen and oxygen atoms in total. The first-order valence-corrected chi connectivity index (χ1v) is 40.9. The highest BCUT2D eigenvalue weighted by atomic mass is 28.5. The van der Waals surface area contributed by atoms with Gasteiger partial charge in [-0.3, -0.25) is 0 Å². The molecule has 0 radical (unpaired) electrons. The van der Waals surface area contributed by atoms with Gasteiger partial charge < -0.3 is 28.8 Å². The molecule has 0 amide bonds. The third-order valence-corrected chi connectivity index (χ3v) is 31.9. The average Bonchev–Trinajstić information content (AvgIpc) is 2.63. The van der Waals surface area contributed by atoms with Gasteiger partial charge in [-0.15, -0.1) is 13.2 Å². The fourth-order valence-electron chi connectivity index (χ4n) is 3.43. The van der Waals surface area contributed by atoms with Gasteiger partial charge in [-0.05, 0) is 118 Å². The van der Waals surface area contributed by atoms with Crippen molar-refractivity contribution < 1.29 is 28.8 Å². The normalized spacial score (nSPS) is 22.7. The predicted octanol–water partition coefficient (Wildman–Crippen LogP) is 5.97. The number of hydrogen-bond donors (Lipinski definition) is 0. The minimum Gasteiger partial charge on any atom is -0.461 e. The zero-order chi connectivity index (χ0) is 31.8. The van der Waals surface area contributed by atoms with Gasteiger partial charge in [-0.25, -0.2) is 0 Å². The lowest BCUT2D eigenvalue weighted by Gasteiger charge is -2.29. The molecule has 0 atom stereocenters. The SMILES string of the molecule is C=C[Si](C)(C)O[Si](C)(C)C=C.C[SiH](C)O[SiH](C)C.C[SiH]1O[SiH](C)O[SiH](C)O[SiH](C)O1.C[Si](C)(C)O[Si](C)(C)C. The largest absolute Gasteiger partial charge is 0.461 e. The van der Waals surface area contributed by atoms with E-state index in [4.69, 9.17) is 28.8 Å². The van der Waals surface area contributed by atoms with E-state index in [2.05, 4.69) is 105 Å². The summed E-state index contributed by atoms with van der Waals surface area (Å²) in [4.78, 5) is 0. The Kier molecular flexibility index (Phi) is 24.3. The Bertz CT molecular complexity index is 580. The van der Waals surface area contributed by atoms with Crippen LogP contribution >= 0.6 is 0 Å². The van der Waals surface area contributed by atoms with E-state index in [1.54, 1.807) is 0 Å². The first-order valence-electron chi connectivity index (χ1n) is 14.2. The third-order valence-electron chi connectivity index (χ3n) is 4.20. The van der Waals surface area contributed by atoms with E-state index in [1.165, 1.54) is 0 Å². The smallest absolute Gasteiger partial charge is 0.300 e. The molecule has 39 heavy (non-hydrogen) atoms. The highest BCUT2D eigenvalue weighted by Gasteiger charge is 2.28. The Labute approximate surface area is 258 Å². The van der Waals surface area contributed by atoms with Crippen molar-refractivity contribution in [2.45, 2.75) is 118 Å². The molecule has 1 rings (SSSR count). The molecule has 236 valence electrons. The van der Waals surface area contributed by atoms with Crippen LogP contribution in [0.15, 0.2) is 24.6 Å². The Balaban J connectivity index is -0.000000452. The monoisotopic (exact) mass is 722 g/mol. The van der Waals surface area contributed by atoms with Gasteiger partial charge in [0.25, 0.3) is 37.1 Å². The summed E-state index contributed by atoms with van der Waals surface area (Å²) in [7, 11) is -12.6. The Hall–Kier alpha value is 1.37. The van der Waals surface area contributed by atoms with E-state index >= 15 is 0 Å². The lowest BCUT2D eigenvalue weighted by molar-refractivity contribution is 0.295.